The van der Waals surface area contributed by atoms with Crippen molar-refractivity contribution < 1.29 is 74.5 Å². The van der Waals surface area contributed by atoms with Gasteiger partial charge in [-0.05, 0) is 14.0 Å². The third-order valence-corrected chi connectivity index (χ3v) is 8.99. The third-order valence-electron chi connectivity index (χ3n) is 8.99. The minimum absolute atomic E-state index is 0.0107. The fourth-order valence-electron chi connectivity index (χ4n) is 6.14. The van der Waals surface area contributed by atoms with Gasteiger partial charge in [-0.1, -0.05) is 0 Å². The van der Waals surface area contributed by atoms with Crippen LogP contribution in [0.5, 0.6) is 0 Å². The summed E-state index contributed by atoms with van der Waals surface area (Å²) in [7, 11) is 1.47. The van der Waals surface area contributed by atoms with E-state index in [0.29, 0.717) is 0 Å². The molecule has 18 N–H and O–H groups in total. The summed E-state index contributed by atoms with van der Waals surface area (Å²) in [6.07, 6.45) is -18.9. The average molecular weight is 727 g/mol. The Kier molecular flexibility index (Phi) is 14.4. The van der Waals surface area contributed by atoms with Crippen LogP contribution in [0.3, 0.4) is 0 Å². The maximum absolute atomic E-state index is 12.0. The van der Waals surface area contributed by atoms with E-state index >= 15 is 0 Å². The predicted octanol–water partition coefficient (Wildman–Crippen LogP) is -8.67. The Balaban J connectivity index is 1.93. The van der Waals surface area contributed by atoms with Crippen molar-refractivity contribution in [2.75, 3.05) is 33.4 Å². The van der Waals surface area contributed by atoms with Crippen molar-refractivity contribution in [1.82, 2.24) is 10.2 Å². The van der Waals surface area contributed by atoms with Gasteiger partial charge in [0, 0.05) is 19.5 Å². The van der Waals surface area contributed by atoms with Gasteiger partial charge >= 0.3 is 5.97 Å². The second-order valence-corrected chi connectivity index (χ2v) is 12.4. The number of likely N-dealkylation sites (N-methyl/N-ethyl adjacent to an activating group) is 1. The van der Waals surface area contributed by atoms with Gasteiger partial charge in [0.25, 0.3) is 0 Å². The molecule has 3 fully saturated rings. The van der Waals surface area contributed by atoms with Gasteiger partial charge in [0.15, 0.2) is 24.5 Å². The maximum atomic E-state index is 12.0. The number of aliphatic hydroxyl groups is 8. The minimum Gasteiger partial charge on any atom is -0.481 e. The van der Waals surface area contributed by atoms with Crippen molar-refractivity contribution in [3.63, 3.8) is 0 Å². The molecule has 1 aliphatic carbocycles. The van der Waals surface area contributed by atoms with E-state index in [4.69, 9.17) is 47.0 Å². The molecule has 2 saturated heterocycles. The number of nitrogens with zero attached hydrogens (tertiary/aromatic N) is 3. The number of guanidine groups is 2. The number of aliphatic carboxylic acids is 1. The van der Waals surface area contributed by atoms with E-state index < -0.39 is 128 Å². The first kappa shape index (κ1) is 41.4. The van der Waals surface area contributed by atoms with E-state index in [1.54, 1.807) is 0 Å². The summed E-state index contributed by atoms with van der Waals surface area (Å²) in [4.78, 5) is 31.9. The van der Waals surface area contributed by atoms with E-state index in [0.717, 1.165) is 0 Å². The van der Waals surface area contributed by atoms with Crippen LogP contribution >= 0.6 is 0 Å². The summed E-state index contributed by atoms with van der Waals surface area (Å²) in [5.41, 5.74) is 19.7. The van der Waals surface area contributed by atoms with E-state index in [1.165, 1.54) is 18.9 Å². The number of nitrogens with one attached hydrogen (secondary N) is 1. The van der Waals surface area contributed by atoms with Crippen molar-refractivity contribution >= 4 is 23.8 Å². The lowest BCUT2D eigenvalue weighted by atomic mass is 9.81. The van der Waals surface area contributed by atoms with Gasteiger partial charge in [0.1, 0.15) is 66.5 Å². The summed E-state index contributed by atoms with van der Waals surface area (Å²) in [5.74, 6) is -2.80. The lowest BCUT2D eigenvalue weighted by Gasteiger charge is -2.48. The van der Waals surface area contributed by atoms with Crippen molar-refractivity contribution in [3.05, 3.63) is 0 Å². The first-order valence-corrected chi connectivity index (χ1v) is 15.7. The molecule has 50 heavy (non-hydrogen) atoms. The van der Waals surface area contributed by atoms with E-state index in [2.05, 4.69) is 15.3 Å². The molecule has 1 saturated carbocycles. The third kappa shape index (κ3) is 9.24. The number of nitrogens with two attached hydrogens (primary N) is 4. The minimum atomic E-state index is -2.27. The summed E-state index contributed by atoms with van der Waals surface area (Å²) >= 11 is 0. The molecule has 0 aromatic heterocycles. The average Bonchev–Trinajstić information content (AvgIpc) is 3.28. The summed E-state index contributed by atoms with van der Waals surface area (Å²) in [6.45, 7) is -0.476. The van der Waals surface area contributed by atoms with E-state index in [1.807, 2.05) is 0 Å². The zero-order valence-electron chi connectivity index (χ0n) is 27.5. The van der Waals surface area contributed by atoms with Crippen molar-refractivity contribution in [2.45, 2.75) is 111 Å². The van der Waals surface area contributed by atoms with Crippen LogP contribution in [-0.4, -0.2) is 199 Å². The first-order chi connectivity index (χ1) is 23.4. The maximum Gasteiger partial charge on any atom is 0.303 e. The Hall–Kier alpha value is -3.04. The van der Waals surface area contributed by atoms with E-state index in [9.17, 15) is 50.4 Å². The number of hydrogen-bond acceptors (Lipinski definition) is 17. The molecule has 15 atom stereocenters. The van der Waals surface area contributed by atoms with Crippen molar-refractivity contribution in [1.29, 1.82) is 0 Å². The first-order valence-electron chi connectivity index (χ1n) is 15.7. The quantitative estimate of drug-likeness (QED) is 0.0550. The number of amides is 1. The molecule has 1 amide bonds. The molecule has 7 unspecified atom stereocenters. The zero-order chi connectivity index (χ0) is 37.7. The molecule has 0 bridgehead atoms. The normalized spacial score (nSPS) is 40.3. The van der Waals surface area contributed by atoms with E-state index in [-0.39, 0.29) is 25.9 Å². The molecule has 23 nitrogen and oxygen atoms in total. The molecule has 3 rings (SSSR count). The highest BCUT2D eigenvalue weighted by Crippen LogP contribution is 2.39. The van der Waals surface area contributed by atoms with Gasteiger partial charge in [-0.3, -0.25) is 14.5 Å². The second-order valence-electron chi connectivity index (χ2n) is 12.4. The van der Waals surface area contributed by atoms with Gasteiger partial charge in [-0.15, -0.1) is 0 Å². The topological polar surface area (TPSA) is 397 Å². The Morgan fingerprint density at radius 3 is 2.04 bits per heavy atom. The Bertz CT molecular complexity index is 1210. The Morgan fingerprint density at radius 2 is 1.48 bits per heavy atom. The van der Waals surface area contributed by atoms with Gasteiger partial charge < -0.3 is 93.2 Å². The number of aliphatic imine (C=N–C) groups is 2. The smallest absolute Gasteiger partial charge is 0.303 e. The predicted molar refractivity (Wildman–Crippen MR) is 167 cm³/mol. The molecule has 0 radical (unpaired) electrons. The lowest BCUT2D eigenvalue weighted by Crippen LogP contribution is -2.67. The van der Waals surface area contributed by atoms with Crippen LogP contribution in [-0.2, 0) is 28.5 Å². The van der Waals surface area contributed by atoms with Crippen molar-refractivity contribution in [3.8, 4) is 0 Å². The molecule has 2 aliphatic heterocycles. The number of carboxylic acid groups (broad SMARTS) is 1. The van der Waals surface area contributed by atoms with Crippen LogP contribution in [0.25, 0.3) is 0 Å². The van der Waals surface area contributed by atoms with Crippen molar-refractivity contribution in [2.24, 2.45) is 32.9 Å². The molecular weight excluding hydrogens is 676 g/mol. The molecule has 3 aliphatic rings. The molecule has 0 aromatic rings. The standard InChI is InChI=1S/C27H50N8O15/c1-9-27(46,8-37)22(24(47-9)49-21-14(34-26(30)31)17(42)13(33-25(28)29)18(43)20(21)45)50-23-15(19(44)16(41)10(7-36)48-23)35(2)6-5-32-11(38)3-4-12(39)40/h9-10,13-24,36-37,41-46H,3-8H2,1-2H3,(H,32,38)(H,39,40)(H4,28,29,33)(H4,30,31,34)/t9-,10?,13?,14-,15?,16-,17?,18-,19+,20-,21?,22?,23?,24-,27-/m0/s1. The highest BCUT2D eigenvalue weighted by molar-refractivity contribution is 5.80. The summed E-state index contributed by atoms with van der Waals surface area (Å²) in [5, 5.41) is 97.8. The second kappa shape index (κ2) is 17.5. The zero-order valence-corrected chi connectivity index (χ0v) is 27.5. The lowest BCUT2D eigenvalue weighted by molar-refractivity contribution is -0.327. The number of ether oxygens (including phenoxy) is 4. The fraction of sp³-hybridized carbons (Fsp3) is 0.852. The fourth-order valence-corrected chi connectivity index (χ4v) is 6.14. The number of hydrogen-bond donors (Lipinski definition) is 14. The molecular formula is C27H50N8O15. The van der Waals surface area contributed by atoms with Crippen LogP contribution in [0.15, 0.2) is 9.98 Å². The van der Waals surface area contributed by atoms with Gasteiger partial charge in [0.05, 0.1) is 31.8 Å². The highest BCUT2D eigenvalue weighted by Gasteiger charge is 2.60. The molecule has 0 spiro atoms. The molecule has 0 aromatic carbocycles. The monoisotopic (exact) mass is 726 g/mol. The summed E-state index contributed by atoms with van der Waals surface area (Å²) < 4.78 is 23.7. The van der Waals surface area contributed by atoms with Gasteiger partial charge in [-0.2, -0.15) is 0 Å². The Labute approximate surface area is 286 Å². The largest absolute Gasteiger partial charge is 0.481 e. The molecule has 23 heteroatoms. The number of aliphatic hydroxyl groups excluding tert-OH is 7. The SMILES string of the molecule is C[C@@H]1O[C@@H](OC2[C@@H](N=C(N)N)C(O)C(N=C(N)N)[C@H](O)[C@@H]2O)C(OC2OC(CO)[C@H](O)[C@H](O)C2N(C)CCNC(=O)CCC(=O)O)[C@]1(O)CO. The van der Waals surface area contributed by atoms with Gasteiger partial charge in [0.2, 0.25) is 5.91 Å². The van der Waals surface area contributed by atoms with Crippen LogP contribution < -0.4 is 28.3 Å². The van der Waals surface area contributed by atoms with Crippen LogP contribution in [0.4, 0.5) is 0 Å². The van der Waals surface area contributed by atoms with Gasteiger partial charge in [-0.25, -0.2) is 9.98 Å². The highest BCUT2D eigenvalue weighted by atomic mass is 16.8. The number of carbonyl (C=O) groups is 2. The molecule has 288 valence electrons. The summed E-state index contributed by atoms with van der Waals surface area (Å²) in [6, 6.07) is -4.33. The van der Waals surface area contributed by atoms with Crippen LogP contribution in [0, 0.1) is 0 Å². The number of carboxylic acids is 1. The van der Waals surface area contributed by atoms with Crippen LogP contribution in [0.1, 0.15) is 19.8 Å². The number of carbonyl (C=O) groups excluding carboxylic acids is 1. The number of rotatable bonds is 15. The molecule has 2 heterocycles. The van der Waals surface area contributed by atoms with Crippen LogP contribution in [0.2, 0.25) is 0 Å². The Morgan fingerprint density at radius 1 is 0.860 bits per heavy atom.